The highest BCUT2D eigenvalue weighted by Gasteiger charge is 2.53. The molecule has 0 aromatic rings. The van der Waals surface area contributed by atoms with Crippen LogP contribution in [0.2, 0.25) is 0 Å². The van der Waals surface area contributed by atoms with Gasteiger partial charge in [-0.1, -0.05) is 20.3 Å². The Morgan fingerprint density at radius 1 is 1.46 bits per heavy atom. The average molecular weight is 180 g/mol. The van der Waals surface area contributed by atoms with Gasteiger partial charge in [-0.15, -0.1) is 0 Å². The van der Waals surface area contributed by atoms with Crippen LogP contribution in [-0.2, 0) is 4.79 Å². The first-order valence-corrected chi connectivity index (χ1v) is 5.60. The molecule has 1 nitrogen and oxygen atoms in total. The molecule has 1 unspecified atom stereocenters. The number of hydrogen-bond acceptors (Lipinski definition) is 1. The van der Waals surface area contributed by atoms with Crippen LogP contribution >= 0.6 is 0 Å². The molecule has 0 bridgehead atoms. The van der Waals surface area contributed by atoms with Gasteiger partial charge in [0.25, 0.3) is 0 Å². The summed E-state index contributed by atoms with van der Waals surface area (Å²) in [4.78, 5) is 11.0. The standard InChI is InChI=1S/C12H20O/c1-3-11(2,9-13)10-7-12(8-10)5-4-6-12/h9-10H,3-8H2,1-2H3. The summed E-state index contributed by atoms with van der Waals surface area (Å²) >= 11 is 0. The second kappa shape index (κ2) is 2.83. The summed E-state index contributed by atoms with van der Waals surface area (Å²) in [6.07, 6.45) is 9.16. The SMILES string of the molecule is CCC(C)(C=O)C1CC2(CCC2)C1. The smallest absolute Gasteiger partial charge is 0.126 e. The highest BCUT2D eigenvalue weighted by molar-refractivity contribution is 5.59. The van der Waals surface area contributed by atoms with E-state index in [2.05, 4.69) is 13.8 Å². The second-order valence-electron chi connectivity index (χ2n) is 5.44. The molecule has 1 heteroatoms. The summed E-state index contributed by atoms with van der Waals surface area (Å²) in [7, 11) is 0. The monoisotopic (exact) mass is 180 g/mol. The predicted molar refractivity (Wildman–Crippen MR) is 53.5 cm³/mol. The van der Waals surface area contributed by atoms with Crippen LogP contribution in [0.5, 0.6) is 0 Å². The van der Waals surface area contributed by atoms with E-state index >= 15 is 0 Å². The van der Waals surface area contributed by atoms with Crippen LogP contribution in [0.3, 0.4) is 0 Å². The van der Waals surface area contributed by atoms with Crippen molar-refractivity contribution < 1.29 is 4.79 Å². The molecule has 74 valence electrons. The molecule has 0 aromatic heterocycles. The molecule has 0 aromatic carbocycles. The molecule has 2 aliphatic carbocycles. The third-order valence-electron chi connectivity index (χ3n) is 4.74. The van der Waals surface area contributed by atoms with Gasteiger partial charge in [0.2, 0.25) is 0 Å². The van der Waals surface area contributed by atoms with E-state index in [0.717, 1.165) is 6.42 Å². The van der Waals surface area contributed by atoms with Crippen molar-refractivity contribution in [1.82, 2.24) is 0 Å². The van der Waals surface area contributed by atoms with Gasteiger partial charge in [0.05, 0.1) is 0 Å². The first-order chi connectivity index (χ1) is 6.14. The number of aldehydes is 1. The Balaban J connectivity index is 1.94. The Bertz CT molecular complexity index is 209. The minimum atomic E-state index is -0.0131. The number of rotatable bonds is 3. The molecule has 13 heavy (non-hydrogen) atoms. The van der Waals surface area contributed by atoms with Crippen LogP contribution in [-0.4, -0.2) is 6.29 Å². The van der Waals surface area contributed by atoms with E-state index in [4.69, 9.17) is 0 Å². The molecule has 0 aliphatic heterocycles. The highest BCUT2D eigenvalue weighted by atomic mass is 16.1. The summed E-state index contributed by atoms with van der Waals surface area (Å²) in [5, 5.41) is 0. The molecule has 2 saturated carbocycles. The number of carbonyl (C=O) groups excluding carboxylic acids is 1. The molecule has 0 radical (unpaired) electrons. The van der Waals surface area contributed by atoms with Crippen LogP contribution in [0.15, 0.2) is 0 Å². The molecule has 0 N–H and O–H groups in total. The molecule has 0 saturated heterocycles. The minimum Gasteiger partial charge on any atom is -0.303 e. The normalized spacial score (nSPS) is 30.3. The van der Waals surface area contributed by atoms with Gasteiger partial charge in [-0.2, -0.15) is 0 Å². The van der Waals surface area contributed by atoms with Crippen LogP contribution < -0.4 is 0 Å². The maximum Gasteiger partial charge on any atom is 0.126 e. The minimum absolute atomic E-state index is 0.0131. The molecule has 2 rings (SSSR count). The summed E-state index contributed by atoms with van der Waals surface area (Å²) < 4.78 is 0. The molecular weight excluding hydrogens is 160 g/mol. The fourth-order valence-corrected chi connectivity index (χ4v) is 3.01. The fourth-order valence-electron chi connectivity index (χ4n) is 3.01. The lowest BCUT2D eigenvalue weighted by molar-refractivity contribution is -0.130. The first-order valence-electron chi connectivity index (χ1n) is 5.60. The molecule has 1 atom stereocenters. The van der Waals surface area contributed by atoms with Crippen molar-refractivity contribution in [3.8, 4) is 0 Å². The lowest BCUT2D eigenvalue weighted by atomic mass is 9.47. The van der Waals surface area contributed by atoms with Gasteiger partial charge in [-0.05, 0) is 43.4 Å². The zero-order chi connectivity index (χ0) is 9.53. The van der Waals surface area contributed by atoms with Crippen molar-refractivity contribution in [1.29, 1.82) is 0 Å². The predicted octanol–water partition coefficient (Wildman–Crippen LogP) is 3.18. The van der Waals surface area contributed by atoms with Gasteiger partial charge >= 0.3 is 0 Å². The Labute approximate surface area is 80.9 Å². The van der Waals surface area contributed by atoms with E-state index < -0.39 is 0 Å². The molecule has 0 heterocycles. The van der Waals surface area contributed by atoms with E-state index in [-0.39, 0.29) is 5.41 Å². The Kier molecular flexibility index (Phi) is 2.01. The van der Waals surface area contributed by atoms with Gasteiger partial charge < -0.3 is 4.79 Å². The molecule has 2 fully saturated rings. The average Bonchev–Trinajstić information content (AvgIpc) is 1.99. The van der Waals surface area contributed by atoms with Gasteiger partial charge in [-0.25, -0.2) is 0 Å². The molecule has 2 aliphatic rings. The van der Waals surface area contributed by atoms with Crippen LogP contribution in [0.25, 0.3) is 0 Å². The highest BCUT2D eigenvalue weighted by Crippen LogP contribution is 2.62. The lowest BCUT2D eigenvalue weighted by Gasteiger charge is -2.58. The first kappa shape index (κ1) is 9.23. The largest absolute Gasteiger partial charge is 0.303 e. The van der Waals surface area contributed by atoms with E-state index in [9.17, 15) is 4.79 Å². The van der Waals surface area contributed by atoms with E-state index in [0.29, 0.717) is 11.3 Å². The molecular formula is C12H20O. The number of hydrogen-bond donors (Lipinski definition) is 0. The fraction of sp³-hybridized carbons (Fsp3) is 0.917. The van der Waals surface area contributed by atoms with Crippen LogP contribution in [0.4, 0.5) is 0 Å². The van der Waals surface area contributed by atoms with Crippen LogP contribution in [0, 0.1) is 16.7 Å². The Morgan fingerprint density at radius 2 is 2.08 bits per heavy atom. The summed E-state index contributed by atoms with van der Waals surface area (Å²) in [5.74, 6) is 0.690. The molecule has 1 spiro atoms. The van der Waals surface area contributed by atoms with Crippen molar-refractivity contribution in [2.24, 2.45) is 16.7 Å². The van der Waals surface area contributed by atoms with Gasteiger partial charge in [0.15, 0.2) is 0 Å². The number of carbonyl (C=O) groups is 1. The van der Waals surface area contributed by atoms with E-state index in [1.165, 1.54) is 38.4 Å². The third kappa shape index (κ3) is 1.24. The van der Waals surface area contributed by atoms with Crippen molar-refractivity contribution in [2.75, 3.05) is 0 Å². The zero-order valence-corrected chi connectivity index (χ0v) is 8.81. The van der Waals surface area contributed by atoms with Gasteiger partial charge in [0, 0.05) is 5.41 Å². The summed E-state index contributed by atoms with van der Waals surface area (Å²) in [6.45, 7) is 4.27. The molecule has 0 amide bonds. The van der Waals surface area contributed by atoms with Crippen molar-refractivity contribution in [2.45, 2.75) is 52.4 Å². The third-order valence-corrected chi connectivity index (χ3v) is 4.74. The van der Waals surface area contributed by atoms with Crippen molar-refractivity contribution >= 4 is 6.29 Å². The summed E-state index contributed by atoms with van der Waals surface area (Å²) in [6, 6.07) is 0. The van der Waals surface area contributed by atoms with E-state index in [1.807, 2.05) is 0 Å². The Hall–Kier alpha value is -0.330. The van der Waals surface area contributed by atoms with E-state index in [1.54, 1.807) is 0 Å². The topological polar surface area (TPSA) is 17.1 Å². The lowest BCUT2D eigenvalue weighted by Crippen LogP contribution is -2.49. The second-order valence-corrected chi connectivity index (χ2v) is 5.44. The van der Waals surface area contributed by atoms with Gasteiger partial charge in [0.1, 0.15) is 6.29 Å². The van der Waals surface area contributed by atoms with Crippen molar-refractivity contribution in [3.63, 3.8) is 0 Å². The van der Waals surface area contributed by atoms with Gasteiger partial charge in [-0.3, -0.25) is 0 Å². The zero-order valence-electron chi connectivity index (χ0n) is 8.81. The van der Waals surface area contributed by atoms with Crippen LogP contribution in [0.1, 0.15) is 52.4 Å². The maximum absolute atomic E-state index is 11.0. The van der Waals surface area contributed by atoms with Crippen molar-refractivity contribution in [3.05, 3.63) is 0 Å². The maximum atomic E-state index is 11.0. The summed E-state index contributed by atoms with van der Waals surface area (Å²) in [5.41, 5.74) is 0.699. The Morgan fingerprint density at radius 3 is 2.38 bits per heavy atom. The quantitative estimate of drug-likeness (QED) is 0.610.